The fourth-order valence-corrected chi connectivity index (χ4v) is 19.7. The van der Waals surface area contributed by atoms with E-state index in [2.05, 4.69) is 344 Å². The van der Waals surface area contributed by atoms with Crippen LogP contribution < -0.4 is 0 Å². The zero-order valence-electron chi connectivity index (χ0n) is 64.3. The fraction of sp³-hybridized carbons (Fsp3) is 0. The highest BCUT2D eigenvalue weighted by molar-refractivity contribution is 6.28. The van der Waals surface area contributed by atoms with Crippen LogP contribution in [-0.4, -0.2) is 37.7 Å². The van der Waals surface area contributed by atoms with Crippen LogP contribution in [0.4, 0.5) is 0 Å². The van der Waals surface area contributed by atoms with Crippen LogP contribution in [0.2, 0.25) is 0 Å². The molecule has 0 saturated heterocycles. The average molecular weight is 1530 g/mol. The summed E-state index contributed by atoms with van der Waals surface area (Å²) in [4.78, 5) is 19.5. The number of para-hydroxylation sites is 8. The predicted molar refractivity (Wildman–Crippen MR) is 496 cm³/mol. The number of pyridine rings is 2. The van der Waals surface area contributed by atoms with Gasteiger partial charge in [-0.25, -0.2) is 9.97 Å². The highest BCUT2D eigenvalue weighted by Gasteiger charge is 2.26. The van der Waals surface area contributed by atoms with Gasteiger partial charge >= 0.3 is 0 Å². The molecule has 28 aromatic rings. The van der Waals surface area contributed by atoms with Gasteiger partial charge in [-0.3, -0.25) is 9.97 Å². The maximum Gasteiger partial charge on any atom is 0.180 e. The van der Waals surface area contributed by atoms with E-state index in [9.17, 15) is 0 Å². The predicted octanol–water partition coefficient (Wildman–Crippen LogP) is 29.0. The maximum atomic E-state index is 6.32. The number of furan rings is 2. The molecule has 0 radical (unpaired) electrons. The zero-order valence-corrected chi connectivity index (χ0v) is 64.3. The molecule has 16 aromatic carbocycles. The first-order valence-electron chi connectivity index (χ1n) is 40.7. The summed E-state index contributed by atoms with van der Waals surface area (Å²) in [6.07, 6.45) is 3.70. The Kier molecular flexibility index (Phi) is 14.1. The Bertz CT molecular complexity index is 8820. The maximum absolute atomic E-state index is 6.32. The van der Waals surface area contributed by atoms with Gasteiger partial charge in [0.1, 0.15) is 27.9 Å². The molecule has 10 nitrogen and oxygen atoms in total. The molecule has 120 heavy (non-hydrogen) atoms. The van der Waals surface area contributed by atoms with Crippen molar-refractivity contribution >= 4 is 180 Å². The molecule has 0 atom stereocenters. The largest absolute Gasteiger partial charge is 0.454 e. The quantitative estimate of drug-likeness (QED) is 0.158. The number of fused-ring (bicyclic) bond motifs is 27. The summed E-state index contributed by atoms with van der Waals surface area (Å²) >= 11 is 0. The second-order valence-electron chi connectivity index (χ2n) is 31.5. The topological polar surface area (TPSA) is 96.0 Å². The van der Waals surface area contributed by atoms with E-state index in [1.54, 1.807) is 0 Å². The molecule has 0 amide bonds. The molecule has 0 aliphatic rings. The second kappa shape index (κ2) is 25.6. The zero-order chi connectivity index (χ0) is 78.4. The lowest BCUT2D eigenvalue weighted by molar-refractivity contribution is 0.667. The molecule has 0 aliphatic carbocycles. The molecule has 0 bridgehead atoms. The summed E-state index contributed by atoms with van der Waals surface area (Å²) in [5.41, 5.74) is 33.0. The van der Waals surface area contributed by atoms with Crippen LogP contribution in [-0.2, 0) is 0 Å². The normalized spacial score (nSPS) is 12.2. The van der Waals surface area contributed by atoms with E-state index in [0.717, 1.165) is 94.1 Å². The molecule has 0 saturated carbocycles. The van der Waals surface area contributed by atoms with E-state index in [0.29, 0.717) is 11.4 Å². The molecule has 12 aromatic heterocycles. The van der Waals surface area contributed by atoms with Crippen molar-refractivity contribution in [1.82, 2.24) is 37.7 Å². The minimum atomic E-state index is 0.678. The number of hydrogen-bond donors (Lipinski definition) is 0. The average Bonchev–Trinajstić information content (AvgIpc) is 1.55. The number of rotatable bonds is 7. The molecule has 556 valence electrons. The summed E-state index contributed by atoms with van der Waals surface area (Å²) in [7, 11) is 0. The van der Waals surface area contributed by atoms with Crippen LogP contribution in [0.1, 0.15) is 0 Å². The first-order chi connectivity index (χ1) is 59.5. The van der Waals surface area contributed by atoms with Gasteiger partial charge in [-0.1, -0.05) is 218 Å². The van der Waals surface area contributed by atoms with E-state index in [1.165, 1.54) is 148 Å². The van der Waals surface area contributed by atoms with Gasteiger partial charge in [-0.2, -0.15) is 0 Å². The minimum absolute atomic E-state index is 0.678. The monoisotopic (exact) mass is 1530 g/mol. The minimum Gasteiger partial charge on any atom is -0.454 e. The van der Waals surface area contributed by atoms with Gasteiger partial charge < -0.3 is 26.6 Å². The van der Waals surface area contributed by atoms with Gasteiger partial charge in [-0.05, 0) is 202 Å². The van der Waals surface area contributed by atoms with Crippen LogP contribution >= 0.6 is 0 Å². The Morgan fingerprint density at radius 1 is 0.200 bits per heavy atom. The summed E-state index contributed by atoms with van der Waals surface area (Å²) in [5, 5.41) is 18.6. The van der Waals surface area contributed by atoms with Gasteiger partial charge in [0.2, 0.25) is 0 Å². The molecular weight excluding hydrogens is 1470 g/mol. The van der Waals surface area contributed by atoms with Crippen molar-refractivity contribution in [2.24, 2.45) is 0 Å². The van der Waals surface area contributed by atoms with Gasteiger partial charge in [0.25, 0.3) is 0 Å². The van der Waals surface area contributed by atoms with E-state index < -0.39 is 0 Å². The molecule has 0 fully saturated rings. The summed E-state index contributed by atoms with van der Waals surface area (Å²) < 4.78 is 22.0. The van der Waals surface area contributed by atoms with Crippen LogP contribution in [0, 0.1) is 0 Å². The summed E-state index contributed by atoms with van der Waals surface area (Å²) in [6, 6.07) is 134. The lowest BCUT2D eigenvalue weighted by Gasteiger charge is -2.09. The number of benzene rings is 16. The van der Waals surface area contributed by atoms with Crippen molar-refractivity contribution in [2.45, 2.75) is 0 Å². The molecule has 28 rings (SSSR count). The third-order valence-electron chi connectivity index (χ3n) is 25.0. The molecular formula is C110H64N8O2. The molecule has 0 aliphatic heterocycles. The lowest BCUT2D eigenvalue weighted by Crippen LogP contribution is -1.94. The number of hydrogen-bond acceptors (Lipinski definition) is 6. The van der Waals surface area contributed by atoms with Gasteiger partial charge in [0.05, 0.1) is 66.2 Å². The third kappa shape index (κ3) is 9.78. The standard InChI is InChI=1S/C41H25N3.C40H23N3O.C29H16N2O/c1-2-12-30(13-3-1)43-38-20-19-28(23-35(38)40-39(43)18-9-21-42-40)26-10-8-11-27(22-26)29-24-33-31-14-4-6-16-36(31)44-37-17-7-5-15-32(37)34(25-29)41(33)44;1-2-11-24(12-3-1)36-39-37(30-17-6-9-20-35(30)44-39)42-40(41-36)26-14-10-13-25(21-26)27-22-31-28-15-4-7-18-33(28)43-34-19-8-5-16-29(34)32(23-27)38(31)43;1-3-8-24-19(6-1)22-14-18(15-23-20-7-2-4-9-25(20)31(24)29(22)23)17-11-12-21-27(16-17)32-26-10-5-13-30-28(21)26/h1-25H;1-23H;1-16H. The van der Waals surface area contributed by atoms with E-state index in [4.69, 9.17) is 23.8 Å². The first kappa shape index (κ1) is 66.0. The molecule has 0 N–H and O–H groups in total. The second-order valence-corrected chi connectivity index (χ2v) is 31.5. The number of aromatic nitrogens is 8. The van der Waals surface area contributed by atoms with Crippen LogP contribution in [0.3, 0.4) is 0 Å². The Morgan fingerprint density at radius 2 is 0.575 bits per heavy atom. The highest BCUT2D eigenvalue weighted by atomic mass is 16.3. The van der Waals surface area contributed by atoms with E-state index in [1.807, 2.05) is 67.0 Å². The Balaban J connectivity index is 0.0000000987. The van der Waals surface area contributed by atoms with Crippen molar-refractivity contribution in [3.8, 4) is 72.8 Å². The van der Waals surface area contributed by atoms with Crippen molar-refractivity contribution in [3.63, 3.8) is 0 Å². The summed E-state index contributed by atoms with van der Waals surface area (Å²) in [6.45, 7) is 0. The SMILES string of the molecule is c1ccc(-c2nc(-c3cccc(-c4cc5c6ccccc6n6c7ccccc7c(c4)c56)c3)nc3c2oc2ccccc23)cc1.c1ccc(-n2c3ccc(-c4cccc(-c5cc6c7ccccc7n7c8ccccc8c(c5)c67)c4)cc3c3ncccc32)cc1.c1cnc2c(c1)oc1cc(-c3cc4c5ccccc5n5c6ccccc6c(c3)c45)ccc12. The van der Waals surface area contributed by atoms with E-state index >= 15 is 0 Å². The van der Waals surface area contributed by atoms with Gasteiger partial charge in [0.15, 0.2) is 17.0 Å². The molecule has 0 unspecified atom stereocenters. The molecule has 0 spiro atoms. The highest BCUT2D eigenvalue weighted by Crippen LogP contribution is 2.48. The van der Waals surface area contributed by atoms with Crippen molar-refractivity contribution in [1.29, 1.82) is 0 Å². The Hall–Kier alpha value is -16.3. The van der Waals surface area contributed by atoms with Crippen molar-refractivity contribution in [3.05, 3.63) is 389 Å². The van der Waals surface area contributed by atoms with Crippen LogP contribution in [0.5, 0.6) is 0 Å². The lowest BCUT2D eigenvalue weighted by atomic mass is 9.96. The summed E-state index contributed by atoms with van der Waals surface area (Å²) in [5.74, 6) is 0.678. The van der Waals surface area contributed by atoms with Crippen LogP contribution in [0.25, 0.3) is 253 Å². The number of nitrogens with zero attached hydrogens (tertiary/aromatic N) is 8. The van der Waals surface area contributed by atoms with Gasteiger partial charge in [0, 0.05) is 110 Å². The third-order valence-corrected chi connectivity index (χ3v) is 25.0. The molecule has 10 heteroatoms. The molecule has 12 heterocycles. The Morgan fingerprint density at radius 3 is 1.10 bits per heavy atom. The van der Waals surface area contributed by atoms with Gasteiger partial charge in [-0.15, -0.1) is 0 Å². The Labute approximate surface area is 683 Å². The van der Waals surface area contributed by atoms with Crippen LogP contribution in [0.15, 0.2) is 397 Å². The first-order valence-corrected chi connectivity index (χ1v) is 40.7. The van der Waals surface area contributed by atoms with E-state index in [-0.39, 0.29) is 0 Å². The smallest absolute Gasteiger partial charge is 0.180 e. The van der Waals surface area contributed by atoms with Crippen molar-refractivity contribution < 1.29 is 8.83 Å². The fourth-order valence-electron chi connectivity index (χ4n) is 19.7. The van der Waals surface area contributed by atoms with Crippen molar-refractivity contribution in [2.75, 3.05) is 0 Å².